The molecule has 0 amide bonds. The highest BCUT2D eigenvalue weighted by molar-refractivity contribution is 8.00. The van der Waals surface area contributed by atoms with Gasteiger partial charge in [0.15, 0.2) is 5.65 Å². The number of hydrogen-bond acceptors (Lipinski definition) is 4. The zero-order valence-electron chi connectivity index (χ0n) is 9.44. The Morgan fingerprint density at radius 3 is 2.62 bits per heavy atom. The van der Waals surface area contributed by atoms with Gasteiger partial charge in [-0.3, -0.25) is 4.79 Å². The van der Waals surface area contributed by atoms with Gasteiger partial charge < -0.3 is 4.98 Å². The highest BCUT2D eigenvalue weighted by Crippen LogP contribution is 2.31. The maximum absolute atomic E-state index is 11.1. The lowest BCUT2D eigenvalue weighted by atomic mass is 10.3. The highest BCUT2D eigenvalue weighted by Gasteiger charge is 2.12. The van der Waals surface area contributed by atoms with E-state index in [0.29, 0.717) is 11.2 Å². The largest absolute Gasteiger partial charge is 0.318 e. The van der Waals surface area contributed by atoms with Crippen molar-refractivity contribution in [1.29, 1.82) is 0 Å². The van der Waals surface area contributed by atoms with E-state index in [1.807, 2.05) is 6.07 Å². The first kappa shape index (κ1) is 11.1. The fraction of sp³-hybridized carbons (Fsp3) is 0.364. The van der Waals surface area contributed by atoms with Crippen molar-refractivity contribution < 1.29 is 0 Å². The molecular formula is C11H13N3OS. The molecule has 16 heavy (non-hydrogen) atoms. The van der Waals surface area contributed by atoms with Crippen molar-refractivity contribution in [1.82, 2.24) is 15.0 Å². The maximum atomic E-state index is 11.1. The van der Waals surface area contributed by atoms with Crippen LogP contribution in [0, 0.1) is 0 Å². The van der Waals surface area contributed by atoms with E-state index in [2.05, 4.69) is 35.7 Å². The Labute approximate surface area is 97.5 Å². The summed E-state index contributed by atoms with van der Waals surface area (Å²) in [5.41, 5.74) is 1.05. The zero-order chi connectivity index (χ0) is 11.8. The molecule has 0 atom stereocenters. The summed E-state index contributed by atoms with van der Waals surface area (Å²) in [5.74, 6) is 0. The highest BCUT2D eigenvalue weighted by atomic mass is 32.2. The van der Waals surface area contributed by atoms with Gasteiger partial charge in [0.1, 0.15) is 0 Å². The predicted molar refractivity (Wildman–Crippen MR) is 65.8 cm³/mol. The summed E-state index contributed by atoms with van der Waals surface area (Å²) in [4.78, 5) is 23.0. The predicted octanol–water partition coefficient (Wildman–Crippen LogP) is 2.21. The number of pyridine rings is 1. The monoisotopic (exact) mass is 235 g/mol. The first-order chi connectivity index (χ1) is 7.44. The summed E-state index contributed by atoms with van der Waals surface area (Å²) in [6, 6.07) is 1.91. The van der Waals surface area contributed by atoms with Crippen LogP contribution in [-0.2, 0) is 0 Å². The number of rotatable bonds is 1. The number of fused-ring (bicyclic) bond motifs is 1. The van der Waals surface area contributed by atoms with Crippen molar-refractivity contribution in [2.45, 2.75) is 30.4 Å². The first-order valence-corrected chi connectivity index (χ1v) is 5.80. The molecule has 84 valence electrons. The lowest BCUT2D eigenvalue weighted by Crippen LogP contribution is -2.08. The van der Waals surface area contributed by atoms with Gasteiger partial charge in [-0.1, -0.05) is 20.8 Å². The van der Waals surface area contributed by atoms with E-state index >= 15 is 0 Å². The van der Waals surface area contributed by atoms with Crippen LogP contribution >= 0.6 is 11.8 Å². The van der Waals surface area contributed by atoms with Gasteiger partial charge in [0.25, 0.3) is 5.56 Å². The van der Waals surface area contributed by atoms with Gasteiger partial charge in [-0.05, 0) is 6.07 Å². The molecule has 2 rings (SSSR count). The minimum absolute atomic E-state index is 0.123. The minimum atomic E-state index is -0.202. The van der Waals surface area contributed by atoms with Crippen molar-refractivity contribution in [3.63, 3.8) is 0 Å². The number of aromatic nitrogens is 3. The third kappa shape index (κ3) is 2.61. The van der Waals surface area contributed by atoms with Gasteiger partial charge in [-0.2, -0.15) is 0 Å². The summed E-state index contributed by atoms with van der Waals surface area (Å²) in [6.07, 6.45) is 3.02. The molecule has 0 saturated carbocycles. The van der Waals surface area contributed by atoms with Crippen LogP contribution in [0.4, 0.5) is 0 Å². The molecule has 0 aromatic carbocycles. The third-order valence-corrected chi connectivity index (χ3v) is 2.90. The molecule has 4 nitrogen and oxygen atoms in total. The second-order valence-corrected chi connectivity index (χ2v) is 6.40. The van der Waals surface area contributed by atoms with Gasteiger partial charge in [-0.25, -0.2) is 9.97 Å². The number of thioether (sulfide) groups is 1. The third-order valence-electron chi connectivity index (χ3n) is 1.83. The van der Waals surface area contributed by atoms with Gasteiger partial charge in [0.05, 0.1) is 11.7 Å². The second kappa shape index (κ2) is 3.90. The Balaban J connectivity index is 2.47. The normalized spacial score (nSPS) is 11.9. The van der Waals surface area contributed by atoms with Crippen LogP contribution in [0.5, 0.6) is 0 Å². The summed E-state index contributed by atoms with van der Waals surface area (Å²) < 4.78 is 0.123. The molecule has 2 aromatic heterocycles. The topological polar surface area (TPSA) is 58.6 Å². The van der Waals surface area contributed by atoms with Crippen molar-refractivity contribution in [3.8, 4) is 0 Å². The van der Waals surface area contributed by atoms with Gasteiger partial charge in [0.2, 0.25) is 0 Å². The summed E-state index contributed by atoms with van der Waals surface area (Å²) in [7, 11) is 0. The molecule has 5 heteroatoms. The number of hydrogen-bond donors (Lipinski definition) is 1. The van der Waals surface area contributed by atoms with Crippen LogP contribution in [0.25, 0.3) is 11.2 Å². The van der Waals surface area contributed by atoms with Crippen LogP contribution < -0.4 is 5.56 Å². The summed E-state index contributed by atoms with van der Waals surface area (Å²) in [5, 5.41) is 0. The molecule has 0 radical (unpaired) electrons. The van der Waals surface area contributed by atoms with E-state index in [1.54, 1.807) is 18.0 Å². The van der Waals surface area contributed by atoms with E-state index in [1.165, 1.54) is 6.20 Å². The Morgan fingerprint density at radius 2 is 1.94 bits per heavy atom. The molecule has 0 spiro atoms. The average Bonchev–Trinajstić information content (AvgIpc) is 2.14. The van der Waals surface area contributed by atoms with E-state index < -0.39 is 0 Å². The minimum Gasteiger partial charge on any atom is -0.318 e. The number of aromatic amines is 1. The quantitative estimate of drug-likeness (QED) is 0.770. The standard InChI is InChI=1S/C11H13N3OS/c1-11(2,3)16-7-4-8-10(12-5-7)13-6-9(15)14-8/h4-6H,1-3H3,(H,14,15). The Morgan fingerprint density at radius 1 is 1.25 bits per heavy atom. The number of H-pyrrole nitrogens is 1. The Hall–Kier alpha value is -1.36. The van der Waals surface area contributed by atoms with E-state index in [0.717, 1.165) is 4.90 Å². The van der Waals surface area contributed by atoms with Crippen LogP contribution in [0.1, 0.15) is 20.8 Å². The summed E-state index contributed by atoms with van der Waals surface area (Å²) in [6.45, 7) is 6.40. The molecule has 0 unspecified atom stereocenters. The lowest BCUT2D eigenvalue weighted by molar-refractivity contribution is 0.802. The van der Waals surface area contributed by atoms with Gasteiger partial charge >= 0.3 is 0 Å². The summed E-state index contributed by atoms with van der Waals surface area (Å²) >= 11 is 1.71. The van der Waals surface area contributed by atoms with Crippen molar-refractivity contribution in [3.05, 3.63) is 28.8 Å². The first-order valence-electron chi connectivity index (χ1n) is 4.98. The number of nitrogens with zero attached hydrogens (tertiary/aromatic N) is 2. The number of nitrogens with one attached hydrogen (secondary N) is 1. The van der Waals surface area contributed by atoms with Crippen molar-refractivity contribution >= 4 is 22.9 Å². The van der Waals surface area contributed by atoms with Crippen LogP contribution in [0.15, 0.2) is 28.2 Å². The van der Waals surface area contributed by atoms with Crippen LogP contribution in [0.2, 0.25) is 0 Å². The Bertz CT molecular complexity index is 571. The van der Waals surface area contributed by atoms with Crippen LogP contribution in [0.3, 0.4) is 0 Å². The van der Waals surface area contributed by atoms with Crippen molar-refractivity contribution in [2.24, 2.45) is 0 Å². The fourth-order valence-corrected chi connectivity index (χ4v) is 2.32. The molecular weight excluding hydrogens is 222 g/mol. The van der Waals surface area contributed by atoms with E-state index in [9.17, 15) is 4.79 Å². The van der Waals surface area contributed by atoms with Crippen molar-refractivity contribution in [2.75, 3.05) is 0 Å². The van der Waals surface area contributed by atoms with Gasteiger partial charge in [0, 0.05) is 15.8 Å². The van der Waals surface area contributed by atoms with Gasteiger partial charge in [-0.15, -0.1) is 11.8 Å². The fourth-order valence-electron chi connectivity index (χ4n) is 1.33. The lowest BCUT2D eigenvalue weighted by Gasteiger charge is -2.17. The van der Waals surface area contributed by atoms with E-state index in [4.69, 9.17) is 0 Å². The average molecular weight is 235 g/mol. The smallest absolute Gasteiger partial charge is 0.266 e. The zero-order valence-corrected chi connectivity index (χ0v) is 10.3. The Kier molecular flexibility index (Phi) is 2.71. The molecule has 0 bridgehead atoms. The molecule has 0 aliphatic carbocycles. The van der Waals surface area contributed by atoms with Crippen LogP contribution in [-0.4, -0.2) is 19.7 Å². The molecule has 0 fully saturated rings. The second-order valence-electron chi connectivity index (χ2n) is 4.50. The molecule has 1 N–H and O–H groups in total. The van der Waals surface area contributed by atoms with E-state index in [-0.39, 0.29) is 10.3 Å². The molecule has 0 aliphatic rings. The molecule has 0 saturated heterocycles. The maximum Gasteiger partial charge on any atom is 0.266 e. The SMILES string of the molecule is CC(C)(C)Sc1cnc2ncc(=O)[nH]c2c1. The molecule has 0 aliphatic heterocycles. The molecule has 2 aromatic rings. The molecule has 2 heterocycles.